The molecule has 0 spiro atoms. The Morgan fingerprint density at radius 1 is 1.43 bits per heavy atom. The molecule has 0 aliphatic heterocycles. The average Bonchev–Trinajstić information content (AvgIpc) is 2.54. The number of thiazole rings is 1. The number of rotatable bonds is 1. The number of hydrogen-bond acceptors (Lipinski definition) is 3. The zero-order valence-electron chi connectivity index (χ0n) is 7.00. The van der Waals surface area contributed by atoms with Crippen molar-refractivity contribution in [2.24, 2.45) is 0 Å². The van der Waals surface area contributed by atoms with Gasteiger partial charge in [0.1, 0.15) is 10.8 Å². The maximum atomic E-state index is 13.5. The van der Waals surface area contributed by atoms with Crippen LogP contribution in [0.5, 0.6) is 0 Å². The first-order valence-electron chi connectivity index (χ1n) is 3.83. The van der Waals surface area contributed by atoms with Gasteiger partial charge in [-0.2, -0.15) is 0 Å². The van der Waals surface area contributed by atoms with Gasteiger partial charge in [-0.25, -0.2) is 9.37 Å². The molecule has 0 fully saturated rings. The van der Waals surface area contributed by atoms with E-state index in [4.69, 9.17) is 17.3 Å². The Labute approximate surface area is 89.2 Å². The Hall–Kier alpha value is -1.13. The van der Waals surface area contributed by atoms with Gasteiger partial charge in [0.25, 0.3) is 0 Å². The third-order valence-electron chi connectivity index (χ3n) is 1.73. The molecule has 0 unspecified atom stereocenters. The van der Waals surface area contributed by atoms with E-state index < -0.39 is 5.82 Å². The van der Waals surface area contributed by atoms with Crippen LogP contribution >= 0.6 is 22.9 Å². The molecule has 0 saturated carbocycles. The number of nitrogens with zero attached hydrogens (tertiary/aromatic N) is 1. The van der Waals surface area contributed by atoms with Crippen LogP contribution in [-0.4, -0.2) is 4.98 Å². The number of benzene rings is 1. The Balaban J connectivity index is 2.64. The van der Waals surface area contributed by atoms with Crippen LogP contribution in [-0.2, 0) is 0 Å². The van der Waals surface area contributed by atoms with Gasteiger partial charge in [-0.3, -0.25) is 0 Å². The normalized spacial score (nSPS) is 10.4. The van der Waals surface area contributed by atoms with Gasteiger partial charge in [0.2, 0.25) is 0 Å². The highest BCUT2D eigenvalue weighted by Gasteiger charge is 2.12. The summed E-state index contributed by atoms with van der Waals surface area (Å²) in [5.74, 6) is -0.440. The summed E-state index contributed by atoms with van der Waals surface area (Å²) in [6.07, 6.45) is 1.60. The molecule has 0 aliphatic carbocycles. The predicted molar refractivity (Wildman–Crippen MR) is 56.9 cm³/mol. The van der Waals surface area contributed by atoms with Gasteiger partial charge < -0.3 is 5.73 Å². The first kappa shape index (κ1) is 9.43. The third kappa shape index (κ3) is 1.58. The molecule has 0 saturated heterocycles. The monoisotopic (exact) mass is 228 g/mol. The van der Waals surface area contributed by atoms with E-state index in [2.05, 4.69) is 4.98 Å². The van der Waals surface area contributed by atoms with Crippen LogP contribution in [0.15, 0.2) is 23.7 Å². The molecule has 2 nitrogen and oxygen atoms in total. The molecular weight excluding hydrogens is 223 g/mol. The summed E-state index contributed by atoms with van der Waals surface area (Å²) in [6.45, 7) is 0. The Morgan fingerprint density at radius 3 is 2.79 bits per heavy atom. The fourth-order valence-corrected chi connectivity index (χ4v) is 2.08. The minimum absolute atomic E-state index is 0.292. The largest absolute Gasteiger partial charge is 0.398 e. The maximum absolute atomic E-state index is 13.5. The Kier molecular flexibility index (Phi) is 2.39. The second-order valence-corrected chi connectivity index (χ2v) is 4.02. The van der Waals surface area contributed by atoms with Gasteiger partial charge in [-0.1, -0.05) is 11.6 Å². The number of hydrogen-bond donors (Lipinski definition) is 1. The van der Waals surface area contributed by atoms with Crippen molar-refractivity contribution in [2.45, 2.75) is 0 Å². The standard InChI is InChI=1S/C9H6ClFN2S/c10-5-3-6(11)8(7(12)4-5)9-13-1-2-14-9/h1-4H,12H2. The molecule has 72 valence electrons. The average molecular weight is 229 g/mol. The van der Waals surface area contributed by atoms with Gasteiger partial charge in [-0.05, 0) is 12.1 Å². The van der Waals surface area contributed by atoms with E-state index in [1.165, 1.54) is 23.5 Å². The van der Waals surface area contributed by atoms with Gasteiger partial charge in [0.15, 0.2) is 0 Å². The lowest BCUT2D eigenvalue weighted by Crippen LogP contribution is -1.93. The van der Waals surface area contributed by atoms with E-state index >= 15 is 0 Å². The van der Waals surface area contributed by atoms with Crippen LogP contribution in [0.4, 0.5) is 10.1 Å². The number of anilines is 1. The van der Waals surface area contributed by atoms with Crippen LogP contribution < -0.4 is 5.73 Å². The lowest BCUT2D eigenvalue weighted by atomic mass is 10.2. The van der Waals surface area contributed by atoms with Crippen molar-refractivity contribution in [3.05, 3.63) is 34.5 Å². The molecule has 0 atom stereocenters. The molecule has 1 aromatic carbocycles. The number of nitrogens with two attached hydrogens (primary N) is 1. The molecule has 14 heavy (non-hydrogen) atoms. The van der Waals surface area contributed by atoms with Crippen LogP contribution in [0.3, 0.4) is 0 Å². The number of halogens is 2. The molecule has 0 amide bonds. The summed E-state index contributed by atoms with van der Waals surface area (Å²) in [5, 5.41) is 2.62. The molecule has 1 heterocycles. The van der Waals surface area contributed by atoms with Crippen molar-refractivity contribution in [3.63, 3.8) is 0 Å². The molecular formula is C9H6ClFN2S. The summed E-state index contributed by atoms with van der Waals surface area (Å²) in [6, 6.07) is 2.75. The van der Waals surface area contributed by atoms with E-state index in [9.17, 15) is 4.39 Å². The Morgan fingerprint density at radius 2 is 2.21 bits per heavy atom. The van der Waals surface area contributed by atoms with E-state index in [0.717, 1.165) is 0 Å². The van der Waals surface area contributed by atoms with Crippen LogP contribution in [0.1, 0.15) is 0 Å². The van der Waals surface area contributed by atoms with Gasteiger partial charge in [0.05, 0.1) is 5.56 Å². The highest BCUT2D eigenvalue weighted by molar-refractivity contribution is 7.13. The highest BCUT2D eigenvalue weighted by Crippen LogP contribution is 2.32. The van der Waals surface area contributed by atoms with Crippen molar-refractivity contribution < 1.29 is 4.39 Å². The van der Waals surface area contributed by atoms with E-state index in [1.807, 2.05) is 0 Å². The van der Waals surface area contributed by atoms with Gasteiger partial charge in [-0.15, -0.1) is 11.3 Å². The first-order chi connectivity index (χ1) is 6.68. The van der Waals surface area contributed by atoms with Crippen LogP contribution in [0, 0.1) is 5.82 Å². The first-order valence-corrected chi connectivity index (χ1v) is 5.08. The van der Waals surface area contributed by atoms with Crippen molar-refractivity contribution in [3.8, 4) is 10.6 Å². The molecule has 0 aliphatic rings. The van der Waals surface area contributed by atoms with Gasteiger partial charge >= 0.3 is 0 Å². The van der Waals surface area contributed by atoms with Crippen LogP contribution in [0.2, 0.25) is 5.02 Å². The lowest BCUT2D eigenvalue weighted by Gasteiger charge is -2.04. The second-order valence-electron chi connectivity index (χ2n) is 2.69. The lowest BCUT2D eigenvalue weighted by molar-refractivity contribution is 0.632. The fourth-order valence-electron chi connectivity index (χ4n) is 1.17. The summed E-state index contributed by atoms with van der Waals surface area (Å²) in [4.78, 5) is 3.99. The van der Waals surface area contributed by atoms with Crippen molar-refractivity contribution in [1.29, 1.82) is 0 Å². The number of aromatic nitrogens is 1. The molecule has 1 aromatic heterocycles. The fraction of sp³-hybridized carbons (Fsp3) is 0. The summed E-state index contributed by atoms with van der Waals surface area (Å²) < 4.78 is 13.5. The maximum Gasteiger partial charge on any atom is 0.137 e. The summed E-state index contributed by atoms with van der Waals surface area (Å²) in [5.41, 5.74) is 6.29. The Bertz CT molecular complexity index is 433. The van der Waals surface area contributed by atoms with E-state index in [1.54, 1.807) is 11.6 Å². The highest BCUT2D eigenvalue weighted by atomic mass is 35.5. The zero-order valence-corrected chi connectivity index (χ0v) is 8.57. The third-order valence-corrected chi connectivity index (χ3v) is 2.74. The molecule has 2 rings (SSSR count). The second kappa shape index (κ2) is 3.55. The van der Waals surface area contributed by atoms with E-state index in [0.29, 0.717) is 21.3 Å². The quantitative estimate of drug-likeness (QED) is 0.762. The van der Waals surface area contributed by atoms with Crippen molar-refractivity contribution in [2.75, 3.05) is 5.73 Å². The topological polar surface area (TPSA) is 38.9 Å². The summed E-state index contributed by atoms with van der Waals surface area (Å²) in [7, 11) is 0. The van der Waals surface area contributed by atoms with Crippen molar-refractivity contribution in [1.82, 2.24) is 4.98 Å². The SMILES string of the molecule is Nc1cc(Cl)cc(F)c1-c1nccs1. The molecule has 0 radical (unpaired) electrons. The molecule has 0 bridgehead atoms. The zero-order chi connectivity index (χ0) is 10.1. The predicted octanol–water partition coefficient (Wildman–Crippen LogP) is 3.18. The van der Waals surface area contributed by atoms with Crippen molar-refractivity contribution >= 4 is 28.6 Å². The minimum atomic E-state index is -0.440. The van der Waals surface area contributed by atoms with Gasteiger partial charge in [0, 0.05) is 22.3 Å². The molecule has 2 N–H and O–H groups in total. The summed E-state index contributed by atoms with van der Waals surface area (Å²) >= 11 is 6.98. The molecule has 5 heteroatoms. The smallest absolute Gasteiger partial charge is 0.137 e. The van der Waals surface area contributed by atoms with Crippen LogP contribution in [0.25, 0.3) is 10.6 Å². The molecule has 2 aromatic rings. The number of nitrogen functional groups attached to an aromatic ring is 1. The minimum Gasteiger partial charge on any atom is -0.398 e. The van der Waals surface area contributed by atoms with E-state index in [-0.39, 0.29) is 0 Å².